The van der Waals surface area contributed by atoms with Crippen molar-refractivity contribution < 1.29 is 18.0 Å². The summed E-state index contributed by atoms with van der Waals surface area (Å²) in [4.78, 5) is 13.2. The molecule has 0 unspecified atom stereocenters. The van der Waals surface area contributed by atoms with E-state index in [0.29, 0.717) is 8.26 Å². The molecular formula is C11H12Br2F3NOS. The van der Waals surface area contributed by atoms with Crippen LogP contribution in [0.5, 0.6) is 0 Å². The van der Waals surface area contributed by atoms with Crippen LogP contribution in [-0.4, -0.2) is 30.1 Å². The van der Waals surface area contributed by atoms with E-state index in [2.05, 4.69) is 31.9 Å². The first-order valence-electron chi connectivity index (χ1n) is 5.41. The van der Waals surface area contributed by atoms with Crippen LogP contribution >= 0.6 is 43.2 Å². The van der Waals surface area contributed by atoms with E-state index in [0.717, 1.165) is 16.2 Å². The number of carbonyl (C=O) groups is 1. The summed E-state index contributed by atoms with van der Waals surface area (Å²) in [5.41, 5.74) is 0. The molecule has 2 nitrogen and oxygen atoms in total. The molecule has 0 fully saturated rings. The number of thiophene rings is 1. The van der Waals surface area contributed by atoms with E-state index in [4.69, 9.17) is 0 Å². The highest BCUT2D eigenvalue weighted by molar-refractivity contribution is 9.13. The maximum Gasteiger partial charge on any atom is 0.406 e. The quantitative estimate of drug-likeness (QED) is 0.673. The van der Waals surface area contributed by atoms with Gasteiger partial charge in [0.1, 0.15) is 6.54 Å². The van der Waals surface area contributed by atoms with E-state index in [9.17, 15) is 18.0 Å². The number of alkyl halides is 3. The van der Waals surface area contributed by atoms with Crippen molar-refractivity contribution in [3.63, 3.8) is 0 Å². The lowest BCUT2D eigenvalue weighted by Crippen LogP contribution is -2.40. The van der Waals surface area contributed by atoms with Gasteiger partial charge in [0.05, 0.1) is 8.66 Å². The maximum atomic E-state index is 12.5. The van der Waals surface area contributed by atoms with Crippen molar-refractivity contribution >= 4 is 49.1 Å². The maximum absolute atomic E-state index is 12.5. The van der Waals surface area contributed by atoms with Gasteiger partial charge in [-0.2, -0.15) is 13.2 Å². The van der Waals surface area contributed by atoms with Crippen LogP contribution in [0.3, 0.4) is 0 Å². The minimum Gasteiger partial charge on any atom is -0.329 e. The average molecular weight is 423 g/mol. The van der Waals surface area contributed by atoms with E-state index in [1.165, 1.54) is 6.07 Å². The number of nitrogens with zero attached hydrogens (tertiary/aromatic N) is 1. The summed E-state index contributed by atoms with van der Waals surface area (Å²) in [6.45, 7) is 2.40. The first-order chi connectivity index (χ1) is 8.60. The fourth-order valence-corrected chi connectivity index (χ4v) is 3.49. The van der Waals surface area contributed by atoms with Gasteiger partial charge in [-0.1, -0.05) is 13.8 Å². The molecule has 0 spiro atoms. The molecule has 0 aromatic carbocycles. The molecule has 0 N–H and O–H groups in total. The van der Waals surface area contributed by atoms with Crippen molar-refractivity contribution in [2.45, 2.75) is 20.0 Å². The zero-order valence-electron chi connectivity index (χ0n) is 10.2. The van der Waals surface area contributed by atoms with Crippen molar-refractivity contribution in [1.82, 2.24) is 4.90 Å². The van der Waals surface area contributed by atoms with Gasteiger partial charge in [-0.25, -0.2) is 0 Å². The number of carbonyl (C=O) groups excluding carboxylic acids is 1. The molecule has 1 rings (SSSR count). The standard InChI is InChI=1S/C11H12Br2F3NOS/c1-6(2)4-17(5-11(14,15)16)10(18)8-3-7(12)9(13)19-8/h3,6H,4-5H2,1-2H3. The highest BCUT2D eigenvalue weighted by atomic mass is 79.9. The van der Waals surface area contributed by atoms with Crippen molar-refractivity contribution in [2.75, 3.05) is 13.1 Å². The number of rotatable bonds is 4. The van der Waals surface area contributed by atoms with Gasteiger partial charge >= 0.3 is 6.18 Å². The lowest BCUT2D eigenvalue weighted by Gasteiger charge is -2.25. The van der Waals surface area contributed by atoms with Gasteiger partial charge in [0.2, 0.25) is 0 Å². The molecule has 0 atom stereocenters. The van der Waals surface area contributed by atoms with Crippen molar-refractivity contribution in [2.24, 2.45) is 5.92 Å². The highest BCUT2D eigenvalue weighted by Gasteiger charge is 2.34. The minimum atomic E-state index is -4.39. The zero-order valence-corrected chi connectivity index (χ0v) is 14.2. The van der Waals surface area contributed by atoms with Crippen molar-refractivity contribution in [3.05, 3.63) is 19.2 Å². The molecule has 19 heavy (non-hydrogen) atoms. The topological polar surface area (TPSA) is 20.3 Å². The first-order valence-corrected chi connectivity index (χ1v) is 7.81. The van der Waals surface area contributed by atoms with Crippen molar-refractivity contribution in [1.29, 1.82) is 0 Å². The molecule has 108 valence electrons. The summed E-state index contributed by atoms with van der Waals surface area (Å²) in [7, 11) is 0. The third-order valence-corrected chi connectivity index (χ3v) is 5.34. The number of halogens is 5. The second-order valence-electron chi connectivity index (χ2n) is 4.43. The SMILES string of the molecule is CC(C)CN(CC(F)(F)F)C(=O)c1cc(Br)c(Br)s1. The van der Waals surface area contributed by atoms with Gasteiger partial charge in [-0.15, -0.1) is 11.3 Å². The van der Waals surface area contributed by atoms with Crippen LogP contribution in [0.25, 0.3) is 0 Å². The van der Waals surface area contributed by atoms with Crippen LogP contribution in [0, 0.1) is 5.92 Å². The van der Waals surface area contributed by atoms with E-state index in [1.54, 1.807) is 13.8 Å². The molecule has 0 aliphatic rings. The average Bonchev–Trinajstić information content (AvgIpc) is 2.54. The van der Waals surface area contributed by atoms with Crippen LogP contribution in [0.4, 0.5) is 13.2 Å². The highest BCUT2D eigenvalue weighted by Crippen LogP contribution is 2.33. The van der Waals surface area contributed by atoms with Gasteiger partial charge in [0, 0.05) is 11.0 Å². The van der Waals surface area contributed by atoms with E-state index >= 15 is 0 Å². The first kappa shape index (κ1) is 17.0. The summed E-state index contributed by atoms with van der Waals surface area (Å²) >= 11 is 7.56. The van der Waals surface area contributed by atoms with Crippen LogP contribution in [0.1, 0.15) is 23.5 Å². The molecular weight excluding hydrogens is 411 g/mol. The van der Waals surface area contributed by atoms with E-state index < -0.39 is 18.6 Å². The monoisotopic (exact) mass is 421 g/mol. The predicted molar refractivity (Wildman–Crippen MR) is 76.5 cm³/mol. The lowest BCUT2D eigenvalue weighted by atomic mass is 10.2. The van der Waals surface area contributed by atoms with Crippen LogP contribution in [0.15, 0.2) is 14.3 Å². The minimum absolute atomic E-state index is 0.0295. The summed E-state index contributed by atoms with van der Waals surface area (Å²) in [5, 5.41) is 0. The van der Waals surface area contributed by atoms with Gasteiger partial charge in [-0.3, -0.25) is 4.79 Å². The van der Waals surface area contributed by atoms with E-state index in [1.807, 2.05) is 0 Å². The van der Waals surface area contributed by atoms with Crippen LogP contribution in [-0.2, 0) is 0 Å². The van der Waals surface area contributed by atoms with Gasteiger partial charge in [0.25, 0.3) is 5.91 Å². The molecule has 8 heteroatoms. The largest absolute Gasteiger partial charge is 0.406 e. The molecule has 0 bridgehead atoms. The van der Waals surface area contributed by atoms with Crippen LogP contribution < -0.4 is 0 Å². The smallest absolute Gasteiger partial charge is 0.329 e. The second-order valence-corrected chi connectivity index (χ2v) is 7.65. The summed E-state index contributed by atoms with van der Waals surface area (Å²) in [5.74, 6) is -0.624. The Hall–Kier alpha value is -0.0800. The number of hydrogen-bond donors (Lipinski definition) is 0. The third-order valence-electron chi connectivity index (χ3n) is 2.10. The Kier molecular flexibility index (Phi) is 5.88. The molecule has 0 aliphatic heterocycles. The molecule has 0 saturated heterocycles. The molecule has 1 amide bonds. The van der Waals surface area contributed by atoms with Gasteiger partial charge in [0.15, 0.2) is 0 Å². The summed E-state index contributed by atoms with van der Waals surface area (Å²) in [6.07, 6.45) is -4.39. The van der Waals surface area contributed by atoms with Gasteiger partial charge in [-0.05, 0) is 43.8 Å². The second kappa shape index (κ2) is 6.58. The third kappa shape index (κ3) is 5.43. The van der Waals surface area contributed by atoms with E-state index in [-0.39, 0.29) is 17.3 Å². The van der Waals surface area contributed by atoms with Crippen molar-refractivity contribution in [3.8, 4) is 0 Å². The molecule has 0 aliphatic carbocycles. The normalized spacial score (nSPS) is 12.0. The Morgan fingerprint density at radius 3 is 2.37 bits per heavy atom. The van der Waals surface area contributed by atoms with Crippen LogP contribution in [0.2, 0.25) is 0 Å². The Labute approximate surface area is 130 Å². The fourth-order valence-electron chi connectivity index (χ4n) is 1.48. The number of hydrogen-bond acceptors (Lipinski definition) is 2. The molecule has 0 saturated carbocycles. The summed E-state index contributed by atoms with van der Waals surface area (Å²) < 4.78 is 38.9. The van der Waals surface area contributed by atoms with Gasteiger partial charge < -0.3 is 4.90 Å². The number of amides is 1. The molecule has 1 aromatic heterocycles. The fraction of sp³-hybridized carbons (Fsp3) is 0.545. The molecule has 1 aromatic rings. The Morgan fingerprint density at radius 1 is 1.42 bits per heavy atom. The predicted octanol–water partition coefficient (Wildman–Crippen LogP) is 4.93. The Morgan fingerprint density at radius 2 is 2.00 bits per heavy atom. The summed E-state index contributed by atoms with van der Waals surface area (Å²) in [6, 6.07) is 1.53. The molecule has 1 heterocycles. The Bertz CT molecular complexity index is 440. The zero-order chi connectivity index (χ0) is 14.8. The lowest BCUT2D eigenvalue weighted by molar-refractivity contribution is -0.141. The Balaban J connectivity index is 2.93. The molecule has 0 radical (unpaired) electrons.